The molecule has 6 rings (SSSR count). The molecule has 5 aromatic rings. The molecule has 3 aromatic carbocycles. The second-order valence-electron chi connectivity index (χ2n) is 10.9. The molecule has 0 bridgehead atoms. The number of ether oxygens (including phenoxy) is 1. The number of ketones is 1. The van der Waals surface area contributed by atoms with Crippen molar-refractivity contribution in [1.29, 1.82) is 0 Å². The number of aromatic nitrogens is 2. The van der Waals surface area contributed by atoms with E-state index in [4.69, 9.17) is 10.5 Å². The van der Waals surface area contributed by atoms with Crippen LogP contribution in [0.2, 0.25) is 0 Å². The van der Waals surface area contributed by atoms with Crippen LogP contribution in [0, 0.1) is 0 Å². The van der Waals surface area contributed by atoms with Crippen LogP contribution in [-0.4, -0.2) is 50.4 Å². The number of benzene rings is 3. The summed E-state index contributed by atoms with van der Waals surface area (Å²) < 4.78 is 8.13. The normalized spacial score (nSPS) is 14.2. The number of carbonyl (C=O) groups is 2. The first-order valence-electron chi connectivity index (χ1n) is 14.2. The number of Topliss-reactive ketones (excluding diaryl/α,β-unsaturated/α-hetero) is 1. The van der Waals surface area contributed by atoms with Gasteiger partial charge in [0.1, 0.15) is 11.5 Å². The number of nitrogen functional groups attached to an aromatic ring is 1. The Kier molecular flexibility index (Phi) is 8.24. The van der Waals surface area contributed by atoms with Gasteiger partial charge in [-0.05, 0) is 73.9 Å². The van der Waals surface area contributed by atoms with Crippen molar-refractivity contribution in [2.45, 2.75) is 38.8 Å². The largest absolute Gasteiger partial charge is 0.445 e. The van der Waals surface area contributed by atoms with Crippen LogP contribution >= 0.6 is 11.3 Å². The van der Waals surface area contributed by atoms with E-state index in [2.05, 4.69) is 44.2 Å². The number of nitrogens with one attached hydrogen (secondary N) is 1. The van der Waals surface area contributed by atoms with Gasteiger partial charge in [-0.2, -0.15) is 0 Å². The Hall–Kier alpha value is -4.51. The Morgan fingerprint density at radius 1 is 1.07 bits per heavy atom. The second-order valence-corrected chi connectivity index (χ2v) is 11.9. The number of fused-ring (bicyclic) bond motifs is 1. The van der Waals surface area contributed by atoms with Crippen LogP contribution in [0.25, 0.3) is 16.6 Å². The van der Waals surface area contributed by atoms with Gasteiger partial charge in [0.05, 0.1) is 17.8 Å². The van der Waals surface area contributed by atoms with E-state index in [0.29, 0.717) is 32.8 Å². The van der Waals surface area contributed by atoms with E-state index in [0.717, 1.165) is 43.7 Å². The first-order chi connectivity index (χ1) is 20.8. The molecule has 220 valence electrons. The van der Waals surface area contributed by atoms with Gasteiger partial charge in [0, 0.05) is 60.1 Å². The van der Waals surface area contributed by atoms with Crippen LogP contribution in [0.3, 0.4) is 0 Å². The molecule has 43 heavy (non-hydrogen) atoms. The summed E-state index contributed by atoms with van der Waals surface area (Å²) in [4.78, 5) is 31.4. The Morgan fingerprint density at radius 2 is 1.84 bits per heavy atom. The Labute approximate surface area is 253 Å². The molecule has 3 heterocycles. The standard InChI is InChI=1S/C33H33N5O4S/c1-21(39)16-23-17-25(34)8-11-30(23)42-31-18-35-33(43-31)36-32(41)22-6-9-26(10-7-22)38-20-24(28-4-2-3-5-29(28)38)19-37-14-12-27(40)13-15-37/h2-11,17-18,20,27,40H,12-16,19,34H2,1H3,(H,35,36,41). The van der Waals surface area contributed by atoms with Crippen molar-refractivity contribution >= 4 is 44.7 Å². The molecule has 0 atom stereocenters. The summed E-state index contributed by atoms with van der Waals surface area (Å²) in [5.41, 5.74) is 10.9. The number of thiazole rings is 1. The Morgan fingerprint density at radius 3 is 2.60 bits per heavy atom. The minimum absolute atomic E-state index is 0.00288. The van der Waals surface area contributed by atoms with Crippen LogP contribution < -0.4 is 15.8 Å². The third-order valence-electron chi connectivity index (χ3n) is 7.59. The molecular weight excluding hydrogens is 562 g/mol. The molecule has 0 spiro atoms. The lowest BCUT2D eigenvalue weighted by atomic mass is 10.1. The number of likely N-dealkylation sites (tertiary alicyclic amines) is 1. The van der Waals surface area contributed by atoms with Crippen LogP contribution in [-0.2, 0) is 17.8 Å². The number of nitrogens with two attached hydrogens (primary N) is 1. The molecule has 1 aliphatic rings. The van der Waals surface area contributed by atoms with Crippen LogP contribution in [0.5, 0.6) is 10.8 Å². The smallest absolute Gasteiger partial charge is 0.257 e. The quantitative estimate of drug-likeness (QED) is 0.184. The fourth-order valence-corrected chi connectivity index (χ4v) is 6.11. The molecule has 1 fully saturated rings. The van der Waals surface area contributed by atoms with Crippen molar-refractivity contribution in [2.24, 2.45) is 0 Å². The number of para-hydroxylation sites is 1. The van der Waals surface area contributed by atoms with E-state index in [1.54, 1.807) is 30.3 Å². The lowest BCUT2D eigenvalue weighted by Gasteiger charge is -2.29. The van der Waals surface area contributed by atoms with E-state index in [1.165, 1.54) is 35.4 Å². The number of aliphatic hydroxyl groups excluding tert-OH is 1. The molecule has 1 amide bonds. The fourth-order valence-electron chi connectivity index (χ4n) is 5.43. The molecule has 0 aliphatic carbocycles. The third-order valence-corrected chi connectivity index (χ3v) is 8.38. The number of amides is 1. The zero-order chi connectivity index (χ0) is 29.9. The maximum atomic E-state index is 13.0. The van der Waals surface area contributed by atoms with Gasteiger partial charge < -0.3 is 20.1 Å². The number of rotatable bonds is 9. The number of piperidine rings is 1. The topological polar surface area (TPSA) is 123 Å². The molecule has 0 saturated carbocycles. The van der Waals surface area contributed by atoms with Crippen LogP contribution in [0.4, 0.5) is 10.8 Å². The van der Waals surface area contributed by atoms with Gasteiger partial charge in [0.15, 0.2) is 5.13 Å². The van der Waals surface area contributed by atoms with Crippen molar-refractivity contribution < 1.29 is 19.4 Å². The number of hydrogen-bond acceptors (Lipinski definition) is 8. The number of anilines is 2. The molecule has 4 N–H and O–H groups in total. The van der Waals surface area contributed by atoms with Gasteiger partial charge in [0.2, 0.25) is 5.06 Å². The first kappa shape index (κ1) is 28.6. The summed E-state index contributed by atoms with van der Waals surface area (Å²) in [6.07, 6.45) is 5.34. The Balaban J connectivity index is 1.14. The summed E-state index contributed by atoms with van der Waals surface area (Å²) in [5.74, 6) is 0.252. The minimum atomic E-state index is -0.275. The van der Waals surface area contributed by atoms with Gasteiger partial charge in [-0.15, -0.1) is 0 Å². The third kappa shape index (κ3) is 6.61. The summed E-state index contributed by atoms with van der Waals surface area (Å²) in [5, 5.41) is 14.8. The number of carbonyl (C=O) groups excluding carboxylic acids is 2. The average Bonchev–Trinajstić information content (AvgIpc) is 3.59. The predicted octanol–water partition coefficient (Wildman–Crippen LogP) is 5.80. The predicted molar refractivity (Wildman–Crippen MR) is 169 cm³/mol. The molecule has 1 saturated heterocycles. The zero-order valence-electron chi connectivity index (χ0n) is 23.8. The molecule has 9 nitrogen and oxygen atoms in total. The van der Waals surface area contributed by atoms with Crippen molar-refractivity contribution in [2.75, 3.05) is 24.1 Å². The molecule has 10 heteroatoms. The highest BCUT2D eigenvalue weighted by molar-refractivity contribution is 7.17. The summed E-state index contributed by atoms with van der Waals surface area (Å²) in [6.45, 7) is 4.12. The molecule has 1 aliphatic heterocycles. The summed E-state index contributed by atoms with van der Waals surface area (Å²) in [7, 11) is 0. The molecule has 0 radical (unpaired) electrons. The van der Waals surface area contributed by atoms with Gasteiger partial charge in [-0.1, -0.05) is 29.5 Å². The molecule has 0 unspecified atom stereocenters. The maximum absolute atomic E-state index is 13.0. The zero-order valence-corrected chi connectivity index (χ0v) is 24.6. The van der Waals surface area contributed by atoms with E-state index >= 15 is 0 Å². The van der Waals surface area contributed by atoms with Crippen LogP contribution in [0.1, 0.15) is 41.3 Å². The van der Waals surface area contributed by atoms with E-state index in [-0.39, 0.29) is 24.2 Å². The Bertz CT molecular complexity index is 1770. The summed E-state index contributed by atoms with van der Waals surface area (Å²) >= 11 is 1.20. The van der Waals surface area contributed by atoms with E-state index in [9.17, 15) is 14.7 Å². The minimum Gasteiger partial charge on any atom is -0.445 e. The first-order valence-corrected chi connectivity index (χ1v) is 15.1. The lowest BCUT2D eigenvalue weighted by molar-refractivity contribution is -0.116. The summed E-state index contributed by atoms with van der Waals surface area (Å²) in [6, 6.07) is 21.0. The van der Waals surface area contributed by atoms with Crippen molar-refractivity contribution in [3.63, 3.8) is 0 Å². The highest BCUT2D eigenvalue weighted by Crippen LogP contribution is 2.34. The number of aliphatic hydroxyl groups is 1. The highest BCUT2D eigenvalue weighted by atomic mass is 32.1. The lowest BCUT2D eigenvalue weighted by Crippen LogP contribution is -2.35. The van der Waals surface area contributed by atoms with E-state index < -0.39 is 0 Å². The molecule has 2 aromatic heterocycles. The van der Waals surface area contributed by atoms with E-state index in [1.807, 2.05) is 18.2 Å². The SMILES string of the molecule is CC(=O)Cc1cc(N)ccc1Oc1cnc(NC(=O)c2ccc(-n3cc(CN4CCC(O)CC4)c4ccccc43)cc2)s1. The second kappa shape index (κ2) is 12.4. The number of hydrogen-bond donors (Lipinski definition) is 3. The van der Waals surface area contributed by atoms with Gasteiger partial charge in [0.25, 0.3) is 5.91 Å². The molecular formula is C33H33N5O4S. The fraction of sp³-hybridized carbons (Fsp3) is 0.242. The highest BCUT2D eigenvalue weighted by Gasteiger charge is 2.19. The number of nitrogens with zero attached hydrogens (tertiary/aromatic N) is 3. The average molecular weight is 596 g/mol. The maximum Gasteiger partial charge on any atom is 0.257 e. The monoisotopic (exact) mass is 595 g/mol. The van der Waals surface area contributed by atoms with Crippen molar-refractivity contribution in [1.82, 2.24) is 14.5 Å². The van der Waals surface area contributed by atoms with Crippen LogP contribution in [0.15, 0.2) is 79.1 Å². The van der Waals surface area contributed by atoms with Crippen molar-refractivity contribution in [3.8, 4) is 16.5 Å². The van der Waals surface area contributed by atoms with Gasteiger partial charge >= 0.3 is 0 Å². The van der Waals surface area contributed by atoms with Gasteiger partial charge in [-0.25, -0.2) is 4.98 Å². The van der Waals surface area contributed by atoms with Gasteiger partial charge in [-0.3, -0.25) is 19.8 Å². The van der Waals surface area contributed by atoms with Crippen molar-refractivity contribution in [3.05, 3.63) is 95.8 Å².